The number of piperidine rings is 1. The van der Waals surface area contributed by atoms with Crippen molar-refractivity contribution in [3.63, 3.8) is 0 Å². The molecule has 0 saturated carbocycles. The fourth-order valence-electron chi connectivity index (χ4n) is 4.70. The summed E-state index contributed by atoms with van der Waals surface area (Å²) in [5.74, 6) is 1.30. The van der Waals surface area contributed by atoms with Gasteiger partial charge in [0.15, 0.2) is 0 Å². The summed E-state index contributed by atoms with van der Waals surface area (Å²) < 4.78 is 6.56. The van der Waals surface area contributed by atoms with Gasteiger partial charge in [-0.3, -0.25) is 4.79 Å². The zero-order valence-electron chi connectivity index (χ0n) is 17.6. The summed E-state index contributed by atoms with van der Waals surface area (Å²) >= 11 is 0. The molecule has 2 N–H and O–H groups in total. The largest absolute Gasteiger partial charge is 0.393 e. The molecule has 0 aliphatic carbocycles. The molecule has 2 rings (SSSR count). The summed E-state index contributed by atoms with van der Waals surface area (Å²) in [5, 5.41) is 13.9. The molecule has 7 unspecified atom stereocenters. The first-order valence-electron chi connectivity index (χ1n) is 11.0. The van der Waals surface area contributed by atoms with Gasteiger partial charge in [0.2, 0.25) is 5.91 Å². The van der Waals surface area contributed by atoms with E-state index < -0.39 is 5.72 Å². The molecule has 0 bridgehead atoms. The van der Waals surface area contributed by atoms with Crippen molar-refractivity contribution in [3.05, 3.63) is 0 Å². The lowest BCUT2D eigenvalue weighted by Gasteiger charge is -2.51. The molecule has 0 radical (unpaired) electrons. The highest BCUT2D eigenvalue weighted by molar-refractivity contribution is 5.80. The van der Waals surface area contributed by atoms with Gasteiger partial charge in [-0.1, -0.05) is 53.9 Å². The number of nitrogens with one attached hydrogen (secondary N) is 1. The average Bonchev–Trinajstić information content (AvgIpc) is 2.61. The predicted octanol–water partition coefficient (Wildman–Crippen LogP) is 4.65. The van der Waals surface area contributed by atoms with Crippen LogP contribution in [-0.2, 0) is 9.53 Å². The van der Waals surface area contributed by atoms with Crippen molar-refractivity contribution in [1.82, 2.24) is 5.32 Å². The highest BCUT2D eigenvalue weighted by Gasteiger charge is 2.49. The van der Waals surface area contributed by atoms with Crippen LogP contribution in [-0.4, -0.2) is 28.9 Å². The minimum Gasteiger partial charge on any atom is -0.393 e. The van der Waals surface area contributed by atoms with Gasteiger partial charge in [-0.15, -0.1) is 0 Å². The van der Waals surface area contributed by atoms with Crippen molar-refractivity contribution >= 4 is 5.91 Å². The Kier molecular flexibility index (Phi) is 7.96. The fraction of sp³-hybridized carbons (Fsp3) is 0.955. The van der Waals surface area contributed by atoms with Crippen molar-refractivity contribution in [2.75, 3.05) is 0 Å². The van der Waals surface area contributed by atoms with Gasteiger partial charge in [0, 0.05) is 18.3 Å². The van der Waals surface area contributed by atoms with E-state index in [1.807, 2.05) is 0 Å². The Morgan fingerprint density at radius 2 is 2.04 bits per heavy atom. The number of hydrogen-bond donors (Lipinski definition) is 2. The van der Waals surface area contributed by atoms with Crippen LogP contribution in [0, 0.1) is 23.7 Å². The molecule has 0 aromatic rings. The van der Waals surface area contributed by atoms with E-state index in [9.17, 15) is 9.90 Å². The Hall–Kier alpha value is -0.610. The van der Waals surface area contributed by atoms with E-state index in [2.05, 4.69) is 39.9 Å². The van der Waals surface area contributed by atoms with Crippen LogP contribution in [0.25, 0.3) is 0 Å². The molecule has 7 atom stereocenters. The zero-order valence-corrected chi connectivity index (χ0v) is 17.6. The van der Waals surface area contributed by atoms with Gasteiger partial charge in [-0.05, 0) is 43.9 Å². The van der Waals surface area contributed by atoms with Gasteiger partial charge < -0.3 is 15.2 Å². The molecule has 1 amide bonds. The van der Waals surface area contributed by atoms with Gasteiger partial charge in [-0.2, -0.15) is 0 Å². The van der Waals surface area contributed by atoms with Gasteiger partial charge in [-0.25, -0.2) is 0 Å². The predicted molar refractivity (Wildman–Crippen MR) is 106 cm³/mol. The van der Waals surface area contributed by atoms with Crippen LogP contribution in [0.5, 0.6) is 0 Å². The van der Waals surface area contributed by atoms with Crippen LogP contribution >= 0.6 is 0 Å². The number of unbranched alkanes of at least 4 members (excludes halogenated alkanes) is 2. The molecule has 0 aromatic carbocycles. The number of carbonyl (C=O) groups is 1. The van der Waals surface area contributed by atoms with Gasteiger partial charge >= 0.3 is 0 Å². The molecule has 0 aromatic heterocycles. The summed E-state index contributed by atoms with van der Waals surface area (Å²) in [4.78, 5) is 12.5. The van der Waals surface area contributed by atoms with E-state index in [4.69, 9.17) is 4.74 Å². The van der Waals surface area contributed by atoms with Crippen LogP contribution in [0.1, 0.15) is 92.4 Å². The first-order chi connectivity index (χ1) is 12.3. The van der Waals surface area contributed by atoms with E-state index in [1.165, 1.54) is 19.3 Å². The molecule has 2 saturated heterocycles. The van der Waals surface area contributed by atoms with E-state index in [0.717, 1.165) is 32.1 Å². The second kappa shape index (κ2) is 9.54. The number of ether oxygens (including phenoxy) is 1. The average molecular weight is 368 g/mol. The maximum Gasteiger partial charge on any atom is 0.225 e. The van der Waals surface area contributed by atoms with E-state index in [1.54, 1.807) is 0 Å². The molecule has 26 heavy (non-hydrogen) atoms. The Balaban J connectivity index is 1.98. The zero-order chi connectivity index (χ0) is 19.3. The molecule has 2 aliphatic heterocycles. The normalized spacial score (nSPS) is 37.4. The third kappa shape index (κ3) is 5.01. The van der Waals surface area contributed by atoms with Crippen molar-refractivity contribution in [2.45, 2.75) is 110 Å². The van der Waals surface area contributed by atoms with Crippen molar-refractivity contribution in [2.24, 2.45) is 23.7 Å². The Labute approximate surface area is 160 Å². The lowest BCUT2D eigenvalue weighted by molar-refractivity contribution is -0.214. The van der Waals surface area contributed by atoms with Gasteiger partial charge in [0.1, 0.15) is 5.72 Å². The topological polar surface area (TPSA) is 58.6 Å². The Morgan fingerprint density at radius 3 is 2.69 bits per heavy atom. The fourth-order valence-corrected chi connectivity index (χ4v) is 4.70. The van der Waals surface area contributed by atoms with Crippen molar-refractivity contribution < 1.29 is 14.6 Å². The highest BCUT2D eigenvalue weighted by Crippen LogP contribution is 2.42. The minimum absolute atomic E-state index is 0.0216. The molecular formula is C22H41NO3. The molecule has 2 aliphatic rings. The molecular weight excluding hydrogens is 326 g/mol. The summed E-state index contributed by atoms with van der Waals surface area (Å²) in [7, 11) is 0. The van der Waals surface area contributed by atoms with Gasteiger partial charge in [0.25, 0.3) is 0 Å². The maximum atomic E-state index is 12.5. The monoisotopic (exact) mass is 367 g/mol. The van der Waals surface area contributed by atoms with Crippen molar-refractivity contribution in [1.29, 1.82) is 0 Å². The smallest absolute Gasteiger partial charge is 0.225 e. The summed E-state index contributed by atoms with van der Waals surface area (Å²) in [6.07, 6.45) is 8.80. The third-order valence-corrected chi connectivity index (χ3v) is 6.99. The number of aliphatic hydroxyl groups is 1. The SMILES string of the molecule is CCCCCC(C)C(O)CC1OC2(CCC1C)NC(=O)C(CC)CC2C. The molecule has 2 fully saturated rings. The summed E-state index contributed by atoms with van der Waals surface area (Å²) in [5.41, 5.74) is -0.523. The molecule has 1 spiro atoms. The molecule has 2 heterocycles. The second-order valence-corrected chi connectivity index (χ2v) is 9.07. The van der Waals surface area contributed by atoms with Crippen LogP contribution in [0.4, 0.5) is 0 Å². The quantitative estimate of drug-likeness (QED) is 0.614. The lowest BCUT2D eigenvalue weighted by atomic mass is 9.75. The summed E-state index contributed by atoms with van der Waals surface area (Å²) in [6, 6.07) is 0. The first kappa shape index (κ1) is 21.7. The Morgan fingerprint density at radius 1 is 1.31 bits per heavy atom. The first-order valence-corrected chi connectivity index (χ1v) is 11.0. The minimum atomic E-state index is -0.523. The Bertz CT molecular complexity index is 455. The van der Waals surface area contributed by atoms with E-state index in [0.29, 0.717) is 24.2 Å². The van der Waals surface area contributed by atoms with E-state index in [-0.39, 0.29) is 24.0 Å². The van der Waals surface area contributed by atoms with Crippen LogP contribution in [0.2, 0.25) is 0 Å². The second-order valence-electron chi connectivity index (χ2n) is 9.07. The van der Waals surface area contributed by atoms with Gasteiger partial charge in [0.05, 0.1) is 12.2 Å². The molecule has 152 valence electrons. The number of aliphatic hydroxyl groups excluding tert-OH is 1. The van der Waals surface area contributed by atoms with Crippen LogP contribution in [0.15, 0.2) is 0 Å². The number of carbonyl (C=O) groups excluding carboxylic acids is 1. The standard InChI is InChI=1S/C22H41NO3/c1-6-8-9-10-15(3)19(24)14-20-16(4)11-12-22(26-20)17(5)13-18(7-2)21(25)23-22/h15-20,24H,6-14H2,1-5H3,(H,23,25). The number of rotatable bonds is 8. The lowest BCUT2D eigenvalue weighted by Crippen LogP contribution is -2.64. The number of hydrogen-bond acceptors (Lipinski definition) is 3. The number of amides is 1. The van der Waals surface area contributed by atoms with Crippen LogP contribution in [0.3, 0.4) is 0 Å². The maximum absolute atomic E-state index is 12.5. The highest BCUT2D eigenvalue weighted by atomic mass is 16.5. The molecule has 4 heteroatoms. The summed E-state index contributed by atoms with van der Waals surface area (Å²) in [6.45, 7) is 10.9. The van der Waals surface area contributed by atoms with Crippen molar-refractivity contribution in [3.8, 4) is 0 Å². The third-order valence-electron chi connectivity index (χ3n) is 6.99. The van der Waals surface area contributed by atoms with E-state index >= 15 is 0 Å². The van der Waals surface area contributed by atoms with Crippen LogP contribution < -0.4 is 5.32 Å². The molecule has 4 nitrogen and oxygen atoms in total.